The highest BCUT2D eigenvalue weighted by Gasteiger charge is 2.53. The van der Waals surface area contributed by atoms with Gasteiger partial charge in [0.05, 0.1) is 11.7 Å². The number of hydrogen-bond donors (Lipinski definition) is 2. The quantitative estimate of drug-likeness (QED) is 0.835. The van der Waals surface area contributed by atoms with Crippen LogP contribution in [-0.2, 0) is 10.2 Å². The van der Waals surface area contributed by atoms with E-state index in [2.05, 4.69) is 12.1 Å². The van der Waals surface area contributed by atoms with E-state index in [1.54, 1.807) is 0 Å². The van der Waals surface area contributed by atoms with Gasteiger partial charge in [-0.3, -0.25) is 4.79 Å². The summed E-state index contributed by atoms with van der Waals surface area (Å²) in [5.74, 6) is 0.0608. The summed E-state index contributed by atoms with van der Waals surface area (Å²) in [5.41, 5.74) is 6.71. The van der Waals surface area contributed by atoms with Gasteiger partial charge in [-0.15, -0.1) is 0 Å². The van der Waals surface area contributed by atoms with Crippen LogP contribution in [0.25, 0.3) is 0 Å². The van der Waals surface area contributed by atoms with Gasteiger partial charge >= 0.3 is 5.97 Å². The lowest BCUT2D eigenvalue weighted by atomic mass is 9.52. The average molecular weight is 333 g/mol. The van der Waals surface area contributed by atoms with Crippen molar-refractivity contribution in [3.63, 3.8) is 0 Å². The zero-order chi connectivity index (χ0) is 17.2. The summed E-state index contributed by atoms with van der Waals surface area (Å²) in [4.78, 5) is 11.5. The second-order valence-corrected chi connectivity index (χ2v) is 7.15. The fourth-order valence-corrected chi connectivity index (χ4v) is 4.16. The highest BCUT2D eigenvalue weighted by atomic mass is 19.1. The first kappa shape index (κ1) is 17.0. The largest absolute Gasteiger partial charge is 0.489 e. The van der Waals surface area contributed by atoms with E-state index in [-0.39, 0.29) is 18.6 Å². The van der Waals surface area contributed by atoms with Crippen LogP contribution < -0.4 is 10.5 Å². The van der Waals surface area contributed by atoms with Crippen molar-refractivity contribution in [3.05, 3.63) is 41.7 Å². The first-order valence-corrected chi connectivity index (χ1v) is 8.49. The smallest absolute Gasteiger partial charge is 0.309 e. The fourth-order valence-electron chi connectivity index (χ4n) is 4.16. The molecular formula is C19H24FNO3. The van der Waals surface area contributed by atoms with Crippen molar-refractivity contribution in [2.75, 3.05) is 13.2 Å². The molecule has 0 amide bonds. The predicted octanol–water partition coefficient (Wildman–Crippen LogP) is 3.55. The maximum Gasteiger partial charge on any atom is 0.309 e. The number of carbonyl (C=O) groups is 1. The maximum atomic E-state index is 12.5. The van der Waals surface area contributed by atoms with Crippen LogP contribution in [0.4, 0.5) is 4.39 Å². The molecule has 130 valence electrons. The van der Waals surface area contributed by atoms with Crippen molar-refractivity contribution in [2.24, 2.45) is 11.1 Å². The number of ether oxygens (including phenoxy) is 1. The number of rotatable bonds is 6. The van der Waals surface area contributed by atoms with E-state index in [1.165, 1.54) is 5.56 Å². The van der Waals surface area contributed by atoms with Gasteiger partial charge in [0.15, 0.2) is 0 Å². The molecule has 0 aliphatic heterocycles. The van der Waals surface area contributed by atoms with E-state index in [9.17, 15) is 14.3 Å². The van der Waals surface area contributed by atoms with Gasteiger partial charge in [-0.1, -0.05) is 12.1 Å². The first-order chi connectivity index (χ1) is 11.5. The van der Waals surface area contributed by atoms with Crippen LogP contribution in [-0.4, -0.2) is 24.2 Å². The summed E-state index contributed by atoms with van der Waals surface area (Å²) in [5, 5.41) is 9.49. The van der Waals surface area contributed by atoms with E-state index in [0.717, 1.165) is 38.5 Å². The lowest BCUT2D eigenvalue weighted by Crippen LogP contribution is -2.47. The summed E-state index contributed by atoms with van der Waals surface area (Å²) < 4.78 is 18.0. The van der Waals surface area contributed by atoms with Gasteiger partial charge in [0, 0.05) is 12.1 Å². The molecule has 0 saturated heterocycles. The van der Waals surface area contributed by atoms with E-state index in [4.69, 9.17) is 10.5 Å². The zero-order valence-corrected chi connectivity index (χ0v) is 13.8. The molecular weight excluding hydrogens is 309 g/mol. The summed E-state index contributed by atoms with van der Waals surface area (Å²) >= 11 is 0. The molecule has 4 nitrogen and oxygen atoms in total. The van der Waals surface area contributed by atoms with Gasteiger partial charge in [0.2, 0.25) is 0 Å². The van der Waals surface area contributed by atoms with Crippen LogP contribution in [0.1, 0.15) is 44.1 Å². The minimum Gasteiger partial charge on any atom is -0.489 e. The van der Waals surface area contributed by atoms with Crippen LogP contribution in [0.5, 0.6) is 5.75 Å². The molecule has 5 heteroatoms. The molecule has 0 radical (unpaired) electrons. The number of halogens is 1. The molecule has 4 rings (SSSR count). The van der Waals surface area contributed by atoms with Gasteiger partial charge in [0.1, 0.15) is 12.4 Å². The number of carboxylic acids is 1. The van der Waals surface area contributed by atoms with Crippen LogP contribution in [0, 0.1) is 5.41 Å². The molecule has 1 aromatic carbocycles. The number of nitrogens with two attached hydrogens (primary N) is 1. The van der Waals surface area contributed by atoms with Crippen LogP contribution in [0.2, 0.25) is 0 Å². The highest BCUT2D eigenvalue weighted by molar-refractivity contribution is 5.75. The Kier molecular flexibility index (Phi) is 4.63. The summed E-state index contributed by atoms with van der Waals surface area (Å²) in [7, 11) is 0. The number of hydrogen-bond acceptors (Lipinski definition) is 3. The zero-order valence-electron chi connectivity index (χ0n) is 13.8. The number of carboxylic acid groups (broad SMARTS) is 1. The van der Waals surface area contributed by atoms with E-state index in [0.29, 0.717) is 17.7 Å². The number of benzene rings is 1. The minimum atomic E-state index is -0.629. The van der Waals surface area contributed by atoms with Gasteiger partial charge in [-0.05, 0) is 61.6 Å². The van der Waals surface area contributed by atoms with Gasteiger partial charge in [-0.2, -0.15) is 0 Å². The summed E-state index contributed by atoms with van der Waals surface area (Å²) in [6.45, 7) is 0.293. The van der Waals surface area contributed by atoms with Gasteiger partial charge in [0.25, 0.3) is 0 Å². The average Bonchev–Trinajstić information content (AvgIpc) is 2.64. The minimum absolute atomic E-state index is 0.108. The third-order valence-electron chi connectivity index (χ3n) is 6.01. The molecule has 0 spiro atoms. The monoisotopic (exact) mass is 333 g/mol. The molecule has 3 aliphatic carbocycles. The van der Waals surface area contributed by atoms with Crippen molar-refractivity contribution < 1.29 is 19.0 Å². The third kappa shape index (κ3) is 2.93. The Morgan fingerprint density at radius 1 is 1.17 bits per heavy atom. The van der Waals surface area contributed by atoms with Crippen molar-refractivity contribution in [1.29, 1.82) is 0 Å². The predicted molar refractivity (Wildman–Crippen MR) is 89.6 cm³/mol. The Morgan fingerprint density at radius 3 is 2.21 bits per heavy atom. The van der Waals surface area contributed by atoms with E-state index < -0.39 is 11.4 Å². The van der Waals surface area contributed by atoms with Crippen LogP contribution >= 0.6 is 0 Å². The first-order valence-electron chi connectivity index (χ1n) is 8.49. The topological polar surface area (TPSA) is 72.5 Å². The Bertz CT molecular complexity index is 614. The molecule has 0 heterocycles. The Morgan fingerprint density at radius 2 is 1.75 bits per heavy atom. The summed E-state index contributed by atoms with van der Waals surface area (Å²) in [6.07, 6.45) is 5.58. The van der Waals surface area contributed by atoms with Gasteiger partial charge < -0.3 is 15.6 Å². The van der Waals surface area contributed by atoms with Crippen molar-refractivity contribution in [2.45, 2.75) is 43.9 Å². The normalized spacial score (nSPS) is 29.5. The van der Waals surface area contributed by atoms with Crippen LogP contribution in [0.15, 0.2) is 36.2 Å². The number of fused-ring (bicyclic) bond motifs is 3. The Hall–Kier alpha value is -1.88. The molecule has 3 saturated carbocycles. The molecule has 0 aromatic heterocycles. The third-order valence-corrected chi connectivity index (χ3v) is 6.01. The van der Waals surface area contributed by atoms with Gasteiger partial charge in [-0.25, -0.2) is 4.39 Å². The SMILES string of the molecule is NCC(=CF)COc1ccc(C23CCC(C(=O)O)(CC2)CC3)cc1. The van der Waals surface area contributed by atoms with Crippen LogP contribution in [0.3, 0.4) is 0 Å². The highest BCUT2D eigenvalue weighted by Crippen LogP contribution is 2.57. The van der Waals surface area contributed by atoms with Crippen molar-refractivity contribution >= 4 is 5.97 Å². The second kappa shape index (κ2) is 6.55. The molecule has 0 unspecified atom stereocenters. The van der Waals surface area contributed by atoms with Crippen molar-refractivity contribution in [3.8, 4) is 5.75 Å². The molecule has 3 fully saturated rings. The number of aliphatic carboxylic acids is 1. The second-order valence-electron chi connectivity index (χ2n) is 7.15. The Balaban J connectivity index is 1.68. The lowest BCUT2D eigenvalue weighted by molar-refractivity contribution is -0.156. The molecule has 3 aliphatic rings. The van der Waals surface area contributed by atoms with E-state index >= 15 is 0 Å². The molecule has 2 bridgehead atoms. The molecule has 1 aromatic rings. The fraction of sp³-hybridized carbons (Fsp3) is 0.526. The Labute approximate surface area is 141 Å². The lowest BCUT2D eigenvalue weighted by Gasteiger charge is -2.51. The van der Waals surface area contributed by atoms with Crippen molar-refractivity contribution in [1.82, 2.24) is 0 Å². The maximum absolute atomic E-state index is 12.5. The van der Waals surface area contributed by atoms with E-state index in [1.807, 2.05) is 12.1 Å². The summed E-state index contributed by atoms with van der Waals surface area (Å²) in [6, 6.07) is 7.94. The molecule has 0 atom stereocenters. The molecule has 24 heavy (non-hydrogen) atoms. The standard InChI is InChI=1S/C19H24FNO3/c20-11-14(12-21)13-24-16-3-1-15(2-4-16)18-5-8-19(9-6-18,10-7-18)17(22)23/h1-4,11H,5-10,12-13,21H2,(H,22,23). The molecule has 3 N–H and O–H groups in total.